The third-order valence-electron chi connectivity index (χ3n) is 5.08. The van der Waals surface area contributed by atoms with Gasteiger partial charge in [0.15, 0.2) is 0 Å². The van der Waals surface area contributed by atoms with Gasteiger partial charge in [-0.25, -0.2) is 12.8 Å². The number of aromatic nitrogens is 1. The molecule has 1 aromatic heterocycles. The zero-order valence-corrected chi connectivity index (χ0v) is 18.7. The van der Waals surface area contributed by atoms with E-state index in [1.54, 1.807) is 16.7 Å². The summed E-state index contributed by atoms with van der Waals surface area (Å²) in [4.78, 5) is 14.5. The van der Waals surface area contributed by atoms with Gasteiger partial charge in [0.05, 0.1) is 21.5 Å². The number of anilines is 1. The predicted octanol–water partition coefficient (Wildman–Crippen LogP) is 4.88. The van der Waals surface area contributed by atoms with E-state index in [1.807, 2.05) is 25.7 Å². The Morgan fingerprint density at radius 2 is 1.80 bits per heavy atom. The van der Waals surface area contributed by atoms with Crippen molar-refractivity contribution in [3.05, 3.63) is 63.7 Å². The van der Waals surface area contributed by atoms with Crippen LogP contribution >= 0.6 is 11.6 Å². The molecule has 0 unspecified atom stereocenters. The van der Waals surface area contributed by atoms with Gasteiger partial charge in [-0.15, -0.1) is 0 Å². The largest absolute Gasteiger partial charge is 0.370 e. The van der Waals surface area contributed by atoms with Crippen LogP contribution in [0.1, 0.15) is 27.2 Å². The van der Waals surface area contributed by atoms with E-state index in [0.29, 0.717) is 37.3 Å². The fraction of sp³-hybridized carbons (Fsp3) is 0.318. The molecule has 0 atom stereocenters. The molecule has 2 aromatic carbocycles. The molecule has 30 heavy (non-hydrogen) atoms. The summed E-state index contributed by atoms with van der Waals surface area (Å²) in [7, 11) is -4.12. The van der Waals surface area contributed by atoms with Crippen LogP contribution in [0.15, 0.2) is 57.2 Å². The summed E-state index contributed by atoms with van der Waals surface area (Å²) in [6, 6.07) is 8.53. The molecule has 160 valence electrons. The molecule has 0 bridgehead atoms. The van der Waals surface area contributed by atoms with Crippen LogP contribution in [0.2, 0.25) is 5.02 Å². The smallest absolute Gasteiger partial charge is 0.211 e. The summed E-state index contributed by atoms with van der Waals surface area (Å²) in [5.41, 5.74) is 0.180. The van der Waals surface area contributed by atoms with Gasteiger partial charge in [0, 0.05) is 30.9 Å². The Balaban J connectivity index is 2.35. The van der Waals surface area contributed by atoms with E-state index in [1.165, 1.54) is 24.4 Å². The Morgan fingerprint density at radius 1 is 1.10 bits per heavy atom. The van der Waals surface area contributed by atoms with Crippen molar-refractivity contribution in [3.8, 4) is 0 Å². The monoisotopic (exact) mass is 450 g/mol. The first-order valence-electron chi connectivity index (χ1n) is 9.86. The summed E-state index contributed by atoms with van der Waals surface area (Å²) >= 11 is 5.95. The summed E-state index contributed by atoms with van der Waals surface area (Å²) in [5.74, 6) is -0.552. The number of fused-ring (bicyclic) bond motifs is 1. The number of hydrogen-bond acceptors (Lipinski definition) is 4. The highest BCUT2D eigenvalue weighted by atomic mass is 35.5. The molecular formula is C22H24ClFN2O3S. The molecule has 0 saturated carbocycles. The predicted molar refractivity (Wildman–Crippen MR) is 119 cm³/mol. The van der Waals surface area contributed by atoms with Crippen LogP contribution < -0.4 is 10.3 Å². The quantitative estimate of drug-likeness (QED) is 0.514. The number of benzene rings is 2. The molecule has 0 amide bonds. The van der Waals surface area contributed by atoms with Gasteiger partial charge in [-0.2, -0.15) is 0 Å². The Labute approximate surface area is 180 Å². The molecule has 3 aromatic rings. The summed E-state index contributed by atoms with van der Waals surface area (Å²) in [5, 5.41) is 0.292. The van der Waals surface area contributed by atoms with Gasteiger partial charge in [-0.1, -0.05) is 24.6 Å². The molecule has 0 N–H and O–H groups in total. The Bertz CT molecular complexity index is 1250. The van der Waals surface area contributed by atoms with Crippen LogP contribution in [0.4, 0.5) is 10.1 Å². The normalized spacial score (nSPS) is 11.8. The molecule has 1 heterocycles. The Kier molecular flexibility index (Phi) is 6.53. The second kappa shape index (κ2) is 8.78. The highest BCUT2D eigenvalue weighted by molar-refractivity contribution is 7.91. The lowest BCUT2D eigenvalue weighted by atomic mass is 10.1. The second-order valence-electron chi connectivity index (χ2n) is 6.97. The fourth-order valence-corrected chi connectivity index (χ4v) is 5.23. The lowest BCUT2D eigenvalue weighted by Crippen LogP contribution is -2.24. The van der Waals surface area contributed by atoms with Crippen LogP contribution in [-0.4, -0.2) is 26.1 Å². The first-order valence-corrected chi connectivity index (χ1v) is 11.7. The van der Waals surface area contributed by atoms with Crippen molar-refractivity contribution >= 4 is 38.0 Å². The van der Waals surface area contributed by atoms with Crippen molar-refractivity contribution in [1.82, 2.24) is 4.57 Å². The molecule has 3 rings (SSSR count). The molecule has 0 fully saturated rings. The molecule has 8 heteroatoms. The molecule has 0 aliphatic heterocycles. The molecule has 0 aliphatic rings. The minimum absolute atomic E-state index is 0.0416. The molecule has 0 aliphatic carbocycles. The van der Waals surface area contributed by atoms with Crippen LogP contribution in [-0.2, 0) is 16.4 Å². The van der Waals surface area contributed by atoms with Gasteiger partial charge in [0.25, 0.3) is 0 Å². The van der Waals surface area contributed by atoms with Gasteiger partial charge >= 0.3 is 0 Å². The van der Waals surface area contributed by atoms with Crippen LogP contribution in [0, 0.1) is 5.82 Å². The number of rotatable bonds is 7. The van der Waals surface area contributed by atoms with Crippen molar-refractivity contribution in [3.63, 3.8) is 0 Å². The van der Waals surface area contributed by atoms with Crippen LogP contribution in [0.5, 0.6) is 0 Å². The van der Waals surface area contributed by atoms with Crippen molar-refractivity contribution in [2.24, 2.45) is 0 Å². The second-order valence-corrected chi connectivity index (χ2v) is 9.32. The maximum atomic E-state index is 14.9. The van der Waals surface area contributed by atoms with Crippen molar-refractivity contribution in [2.75, 3.05) is 18.0 Å². The van der Waals surface area contributed by atoms with E-state index in [2.05, 4.69) is 0 Å². The third-order valence-corrected chi connectivity index (χ3v) is 7.06. The van der Waals surface area contributed by atoms with Crippen LogP contribution in [0.25, 0.3) is 10.9 Å². The highest BCUT2D eigenvalue weighted by Gasteiger charge is 2.25. The third kappa shape index (κ3) is 3.96. The van der Waals surface area contributed by atoms with Crippen LogP contribution in [0.3, 0.4) is 0 Å². The van der Waals surface area contributed by atoms with E-state index in [0.717, 1.165) is 6.07 Å². The maximum absolute atomic E-state index is 14.9. The Hall–Kier alpha value is -2.38. The van der Waals surface area contributed by atoms with Gasteiger partial charge < -0.3 is 9.47 Å². The van der Waals surface area contributed by atoms with Gasteiger partial charge in [-0.05, 0) is 50.6 Å². The fourth-order valence-electron chi connectivity index (χ4n) is 3.56. The first kappa shape index (κ1) is 22.3. The zero-order valence-electron chi connectivity index (χ0n) is 17.2. The average Bonchev–Trinajstić information content (AvgIpc) is 2.71. The van der Waals surface area contributed by atoms with E-state index < -0.39 is 21.1 Å². The van der Waals surface area contributed by atoms with E-state index in [4.69, 9.17) is 11.6 Å². The number of halogens is 2. The average molecular weight is 451 g/mol. The number of aryl methyl sites for hydroxylation is 1. The first-order chi connectivity index (χ1) is 14.2. The number of pyridine rings is 1. The number of hydrogen-bond donors (Lipinski definition) is 0. The lowest BCUT2D eigenvalue weighted by molar-refractivity contribution is 0.592. The van der Waals surface area contributed by atoms with E-state index >= 15 is 0 Å². The molecular weight excluding hydrogens is 427 g/mol. The summed E-state index contributed by atoms with van der Waals surface area (Å²) in [6.45, 7) is 7.50. The Morgan fingerprint density at radius 3 is 2.40 bits per heavy atom. The van der Waals surface area contributed by atoms with E-state index in [9.17, 15) is 17.6 Å². The number of sulfone groups is 1. The summed E-state index contributed by atoms with van der Waals surface area (Å²) < 4.78 is 43.0. The highest BCUT2D eigenvalue weighted by Crippen LogP contribution is 2.28. The molecule has 0 saturated heterocycles. The van der Waals surface area contributed by atoms with Gasteiger partial charge in [0.2, 0.25) is 15.3 Å². The minimum Gasteiger partial charge on any atom is -0.370 e. The van der Waals surface area contributed by atoms with Gasteiger partial charge in [-0.3, -0.25) is 4.79 Å². The zero-order chi connectivity index (χ0) is 22.1. The number of nitrogens with zero attached hydrogens (tertiary/aromatic N) is 2. The topological polar surface area (TPSA) is 59.4 Å². The van der Waals surface area contributed by atoms with E-state index in [-0.39, 0.29) is 20.2 Å². The lowest BCUT2D eigenvalue weighted by Gasteiger charge is -2.23. The molecule has 0 radical (unpaired) electrons. The SMILES string of the molecule is CCCn1cc(S(=O)(=O)c2cccc(Cl)c2)c(=O)c2cc(F)c(N(CC)CC)cc21. The van der Waals surface area contributed by atoms with Crippen molar-refractivity contribution in [2.45, 2.75) is 43.5 Å². The van der Waals surface area contributed by atoms with Crippen molar-refractivity contribution in [1.29, 1.82) is 0 Å². The summed E-state index contributed by atoms with van der Waals surface area (Å²) in [6.07, 6.45) is 2.07. The molecule has 0 spiro atoms. The van der Waals surface area contributed by atoms with Gasteiger partial charge in [0.1, 0.15) is 10.7 Å². The maximum Gasteiger partial charge on any atom is 0.211 e. The standard InChI is InChI=1S/C22H24ClFN2O3S/c1-4-10-26-14-21(30(28,29)16-9-7-8-15(23)11-16)22(27)17-12-18(24)20(13-19(17)26)25(5-2)6-3/h7-9,11-14H,4-6,10H2,1-3H3. The van der Waals surface area contributed by atoms with Crippen molar-refractivity contribution < 1.29 is 12.8 Å². The molecule has 5 nitrogen and oxygen atoms in total. The minimum atomic E-state index is -4.12.